The summed E-state index contributed by atoms with van der Waals surface area (Å²) in [6.07, 6.45) is 0. The third-order valence-electron chi connectivity index (χ3n) is 5.26. The Kier molecular flexibility index (Phi) is 6.56. The summed E-state index contributed by atoms with van der Waals surface area (Å²) in [5.41, 5.74) is -1.23. The summed E-state index contributed by atoms with van der Waals surface area (Å²) in [6.45, 7) is 5.35. The first-order valence-corrected chi connectivity index (χ1v) is 11.4. The number of carbonyl (C=O) groups is 2. The second-order valence-corrected chi connectivity index (χ2v) is 10.0. The zero-order valence-corrected chi connectivity index (χ0v) is 18.8. The summed E-state index contributed by atoms with van der Waals surface area (Å²) >= 11 is 0. The van der Waals surface area contributed by atoms with E-state index in [1.165, 1.54) is 52.8 Å². The Hall–Kier alpha value is -2.98. The molecular formula is C22H25FN2O6S. The normalized spacial score (nSPS) is 17.8. The minimum absolute atomic E-state index is 0.00389. The number of amides is 1. The van der Waals surface area contributed by atoms with Crippen LogP contribution in [-0.2, 0) is 14.8 Å². The number of halogens is 1. The van der Waals surface area contributed by atoms with Crippen molar-refractivity contribution in [2.24, 2.45) is 0 Å². The molecule has 1 amide bonds. The van der Waals surface area contributed by atoms with E-state index in [1.807, 2.05) is 0 Å². The fraction of sp³-hybridized carbons (Fsp3) is 0.364. The fourth-order valence-corrected chi connectivity index (χ4v) is 5.22. The lowest BCUT2D eigenvalue weighted by molar-refractivity contribution is -0.147. The number of nitrogens with zero attached hydrogens (tertiary/aromatic N) is 2. The van der Waals surface area contributed by atoms with Crippen molar-refractivity contribution in [3.8, 4) is 5.75 Å². The highest BCUT2D eigenvalue weighted by Crippen LogP contribution is 2.25. The molecule has 0 radical (unpaired) electrons. The summed E-state index contributed by atoms with van der Waals surface area (Å²) < 4.78 is 46.3. The van der Waals surface area contributed by atoms with Crippen LogP contribution in [0.25, 0.3) is 0 Å². The maximum atomic E-state index is 13.1. The van der Waals surface area contributed by atoms with E-state index < -0.39 is 33.5 Å². The van der Waals surface area contributed by atoms with Gasteiger partial charge in [0, 0.05) is 25.7 Å². The van der Waals surface area contributed by atoms with Gasteiger partial charge in [0.15, 0.2) is 5.60 Å². The number of carbonyl (C=O) groups excluding carboxylic acids is 1. The molecule has 2 aromatic rings. The Labute approximate surface area is 186 Å². The largest absolute Gasteiger partial charge is 0.478 e. The first-order valence-electron chi connectivity index (χ1n) is 10.0. The van der Waals surface area contributed by atoms with Crippen LogP contribution in [-0.4, -0.2) is 65.9 Å². The topological polar surface area (TPSA) is 104 Å². The predicted molar refractivity (Wildman–Crippen MR) is 114 cm³/mol. The Morgan fingerprint density at radius 1 is 1.06 bits per heavy atom. The van der Waals surface area contributed by atoms with Crippen molar-refractivity contribution in [2.75, 3.05) is 19.6 Å². The standard InChI is InChI=1S/C22H25FN2O6S/c1-15-14-24(21(28)22(2,3)31-18-8-6-17(23)7-9-18)12-13-25(15)32(29,30)19-10-4-16(5-11-19)20(26)27/h4-11,15H,12-14H2,1-3H3,(H,26,27). The first kappa shape index (κ1) is 23.7. The average Bonchev–Trinajstić information content (AvgIpc) is 2.74. The minimum Gasteiger partial charge on any atom is -0.478 e. The maximum absolute atomic E-state index is 13.1. The van der Waals surface area contributed by atoms with Crippen LogP contribution in [0.3, 0.4) is 0 Å². The summed E-state index contributed by atoms with van der Waals surface area (Å²) in [4.78, 5) is 25.6. The number of benzene rings is 2. The summed E-state index contributed by atoms with van der Waals surface area (Å²) in [6, 6.07) is 9.88. The molecule has 0 saturated carbocycles. The van der Waals surface area contributed by atoms with Gasteiger partial charge in [0.25, 0.3) is 5.91 Å². The van der Waals surface area contributed by atoms with Crippen LogP contribution in [0.1, 0.15) is 31.1 Å². The maximum Gasteiger partial charge on any atom is 0.335 e. The molecular weight excluding hydrogens is 439 g/mol. The van der Waals surface area contributed by atoms with Gasteiger partial charge in [0.05, 0.1) is 10.5 Å². The lowest BCUT2D eigenvalue weighted by Gasteiger charge is -2.41. The van der Waals surface area contributed by atoms with Crippen LogP contribution < -0.4 is 4.74 Å². The van der Waals surface area contributed by atoms with Crippen LogP contribution >= 0.6 is 0 Å². The van der Waals surface area contributed by atoms with E-state index in [9.17, 15) is 22.4 Å². The lowest BCUT2D eigenvalue weighted by Crippen LogP contribution is -2.59. The number of hydrogen-bond donors (Lipinski definition) is 1. The quantitative estimate of drug-likeness (QED) is 0.705. The molecule has 3 rings (SSSR count). The van der Waals surface area contributed by atoms with E-state index in [-0.39, 0.29) is 36.0 Å². The lowest BCUT2D eigenvalue weighted by atomic mass is 10.1. The van der Waals surface area contributed by atoms with Gasteiger partial charge in [-0.05, 0) is 69.3 Å². The summed E-state index contributed by atoms with van der Waals surface area (Å²) in [5.74, 6) is -1.51. The van der Waals surface area contributed by atoms with Gasteiger partial charge < -0.3 is 14.7 Å². The van der Waals surface area contributed by atoms with Crippen LogP contribution in [0.15, 0.2) is 53.4 Å². The molecule has 0 aromatic heterocycles. The van der Waals surface area contributed by atoms with Gasteiger partial charge in [-0.15, -0.1) is 0 Å². The first-order chi connectivity index (χ1) is 14.9. The second-order valence-electron chi connectivity index (χ2n) is 8.11. The fourth-order valence-electron chi connectivity index (χ4n) is 3.61. The summed E-state index contributed by atoms with van der Waals surface area (Å²) in [7, 11) is -3.86. The van der Waals surface area contributed by atoms with Crippen molar-refractivity contribution < 1.29 is 32.2 Å². The molecule has 10 heteroatoms. The highest BCUT2D eigenvalue weighted by atomic mass is 32.2. The molecule has 32 heavy (non-hydrogen) atoms. The SMILES string of the molecule is CC1CN(C(=O)C(C)(C)Oc2ccc(F)cc2)CCN1S(=O)(=O)c1ccc(C(=O)O)cc1. The zero-order valence-electron chi connectivity index (χ0n) is 18.0. The van der Waals surface area contributed by atoms with Gasteiger partial charge in [0.2, 0.25) is 10.0 Å². The second kappa shape index (κ2) is 8.87. The van der Waals surface area contributed by atoms with Gasteiger partial charge in [-0.1, -0.05) is 0 Å². The number of ether oxygens (including phenoxy) is 1. The molecule has 0 spiro atoms. The highest BCUT2D eigenvalue weighted by Gasteiger charge is 2.40. The van der Waals surface area contributed by atoms with Crippen molar-refractivity contribution in [1.82, 2.24) is 9.21 Å². The van der Waals surface area contributed by atoms with Crippen molar-refractivity contribution in [1.29, 1.82) is 0 Å². The molecule has 1 N–H and O–H groups in total. The molecule has 8 nitrogen and oxygen atoms in total. The van der Waals surface area contributed by atoms with Crippen LogP contribution in [0.4, 0.5) is 4.39 Å². The van der Waals surface area contributed by atoms with Gasteiger partial charge in [-0.3, -0.25) is 4.79 Å². The zero-order chi connectivity index (χ0) is 23.7. The van der Waals surface area contributed by atoms with E-state index in [0.717, 1.165) is 0 Å². The Morgan fingerprint density at radius 2 is 1.66 bits per heavy atom. The summed E-state index contributed by atoms with van der Waals surface area (Å²) in [5, 5.41) is 9.00. The van der Waals surface area contributed by atoms with E-state index in [1.54, 1.807) is 25.7 Å². The smallest absolute Gasteiger partial charge is 0.335 e. The van der Waals surface area contributed by atoms with E-state index in [4.69, 9.17) is 9.84 Å². The monoisotopic (exact) mass is 464 g/mol. The van der Waals surface area contributed by atoms with Crippen LogP contribution in [0.2, 0.25) is 0 Å². The van der Waals surface area contributed by atoms with Gasteiger partial charge in [-0.2, -0.15) is 4.31 Å². The van der Waals surface area contributed by atoms with Crippen molar-refractivity contribution in [3.63, 3.8) is 0 Å². The number of carboxylic acid groups (broad SMARTS) is 1. The molecule has 0 aliphatic carbocycles. The van der Waals surface area contributed by atoms with Crippen LogP contribution in [0.5, 0.6) is 5.75 Å². The number of aromatic carboxylic acids is 1. The molecule has 2 aromatic carbocycles. The molecule has 0 bridgehead atoms. The van der Waals surface area contributed by atoms with Crippen molar-refractivity contribution in [2.45, 2.75) is 37.3 Å². The number of rotatable bonds is 6. The van der Waals surface area contributed by atoms with E-state index in [0.29, 0.717) is 5.75 Å². The van der Waals surface area contributed by atoms with Crippen LogP contribution in [0, 0.1) is 5.82 Å². The minimum atomic E-state index is -3.86. The van der Waals surface area contributed by atoms with Gasteiger partial charge in [0.1, 0.15) is 11.6 Å². The predicted octanol–water partition coefficient (Wildman–Crippen LogP) is 2.60. The van der Waals surface area contributed by atoms with E-state index >= 15 is 0 Å². The Balaban J connectivity index is 1.70. The third-order valence-corrected chi connectivity index (χ3v) is 7.29. The van der Waals surface area contributed by atoms with E-state index in [2.05, 4.69) is 0 Å². The molecule has 1 aliphatic heterocycles. The van der Waals surface area contributed by atoms with Crippen molar-refractivity contribution >= 4 is 21.9 Å². The van der Waals surface area contributed by atoms with Gasteiger partial charge >= 0.3 is 5.97 Å². The molecule has 1 heterocycles. The molecule has 172 valence electrons. The molecule has 1 atom stereocenters. The number of sulfonamides is 1. The number of piperazine rings is 1. The Morgan fingerprint density at radius 3 is 2.19 bits per heavy atom. The Bertz CT molecular complexity index is 1100. The number of carboxylic acids is 1. The molecule has 1 saturated heterocycles. The van der Waals surface area contributed by atoms with Crippen molar-refractivity contribution in [3.05, 3.63) is 59.9 Å². The molecule has 1 unspecified atom stereocenters. The third kappa shape index (κ3) is 4.91. The van der Waals surface area contributed by atoms with Gasteiger partial charge in [-0.25, -0.2) is 17.6 Å². The number of hydrogen-bond acceptors (Lipinski definition) is 5. The highest BCUT2D eigenvalue weighted by molar-refractivity contribution is 7.89. The average molecular weight is 465 g/mol. The molecule has 1 fully saturated rings. The molecule has 1 aliphatic rings.